The van der Waals surface area contributed by atoms with Crippen LogP contribution in [-0.4, -0.2) is 47.5 Å². The molecule has 0 saturated carbocycles. The van der Waals surface area contributed by atoms with Crippen molar-refractivity contribution in [1.82, 2.24) is 5.32 Å². The molecule has 0 atom stereocenters. The van der Waals surface area contributed by atoms with Crippen molar-refractivity contribution in [2.75, 3.05) is 35.0 Å². The molecule has 31 heavy (non-hydrogen) atoms. The van der Waals surface area contributed by atoms with Crippen LogP contribution >= 0.6 is 0 Å². The van der Waals surface area contributed by atoms with Crippen LogP contribution in [0.4, 0.5) is 8.78 Å². The average Bonchev–Trinajstić information content (AvgIpc) is 2.77. The van der Waals surface area contributed by atoms with Crippen LogP contribution in [0.5, 0.6) is 28.7 Å². The standard InChI is InChI=1S/C22H25F2NO6/c1-27-17-11-14(5-7-16(17)31-22(23)24)9-10-25-20(26)8-6-15-12-18(28-2)21(30-4)19(13-15)29-3/h5-8,11-13,22H,9-10H2,1-4H3,(H,25,26)/b8-6+. The van der Waals surface area contributed by atoms with Crippen LogP contribution in [0.15, 0.2) is 36.4 Å². The summed E-state index contributed by atoms with van der Waals surface area (Å²) >= 11 is 0. The zero-order valence-electron chi connectivity index (χ0n) is 17.7. The number of rotatable bonds is 11. The van der Waals surface area contributed by atoms with Crippen LogP contribution in [-0.2, 0) is 11.2 Å². The van der Waals surface area contributed by atoms with Crippen molar-refractivity contribution in [3.8, 4) is 28.7 Å². The zero-order chi connectivity index (χ0) is 22.8. The molecule has 1 N–H and O–H groups in total. The first-order chi connectivity index (χ1) is 14.9. The van der Waals surface area contributed by atoms with Crippen LogP contribution < -0.4 is 29.0 Å². The zero-order valence-corrected chi connectivity index (χ0v) is 17.7. The van der Waals surface area contributed by atoms with Crippen molar-refractivity contribution < 1.29 is 37.3 Å². The SMILES string of the molecule is COc1cc(CCNC(=O)/C=C/c2cc(OC)c(OC)c(OC)c2)ccc1OC(F)F. The van der Waals surface area contributed by atoms with Gasteiger partial charge in [-0.05, 0) is 47.9 Å². The highest BCUT2D eigenvalue weighted by molar-refractivity contribution is 5.91. The lowest BCUT2D eigenvalue weighted by Crippen LogP contribution is -2.23. The number of nitrogens with one attached hydrogen (secondary N) is 1. The molecule has 0 aliphatic heterocycles. The van der Waals surface area contributed by atoms with E-state index in [1.165, 1.54) is 40.6 Å². The fourth-order valence-electron chi connectivity index (χ4n) is 2.82. The van der Waals surface area contributed by atoms with E-state index in [1.807, 2.05) is 0 Å². The molecule has 2 aromatic carbocycles. The summed E-state index contributed by atoms with van der Waals surface area (Å²) in [6.45, 7) is -2.59. The smallest absolute Gasteiger partial charge is 0.387 e. The maximum Gasteiger partial charge on any atom is 0.387 e. The number of alkyl halides is 2. The van der Waals surface area contributed by atoms with E-state index in [0.29, 0.717) is 35.8 Å². The van der Waals surface area contributed by atoms with E-state index < -0.39 is 6.61 Å². The van der Waals surface area contributed by atoms with E-state index in [2.05, 4.69) is 10.1 Å². The van der Waals surface area contributed by atoms with Gasteiger partial charge in [-0.3, -0.25) is 4.79 Å². The third-order valence-electron chi connectivity index (χ3n) is 4.27. The number of halogens is 2. The number of carbonyl (C=O) groups is 1. The Balaban J connectivity index is 1.96. The Kier molecular flexibility index (Phi) is 8.93. The van der Waals surface area contributed by atoms with Gasteiger partial charge in [0.1, 0.15) is 0 Å². The highest BCUT2D eigenvalue weighted by Crippen LogP contribution is 2.38. The number of hydrogen-bond acceptors (Lipinski definition) is 6. The van der Waals surface area contributed by atoms with Gasteiger partial charge in [-0.1, -0.05) is 6.07 Å². The molecule has 0 radical (unpaired) electrons. The summed E-state index contributed by atoms with van der Waals surface area (Å²) in [5.74, 6) is 1.29. The number of carbonyl (C=O) groups excluding carboxylic acids is 1. The molecule has 0 aliphatic carbocycles. The molecule has 9 heteroatoms. The Morgan fingerprint density at radius 2 is 1.58 bits per heavy atom. The van der Waals surface area contributed by atoms with Crippen LogP contribution in [0.1, 0.15) is 11.1 Å². The third kappa shape index (κ3) is 6.77. The summed E-state index contributed by atoms with van der Waals surface area (Å²) in [6.07, 6.45) is 3.50. The molecule has 0 aromatic heterocycles. The van der Waals surface area contributed by atoms with E-state index in [0.717, 1.165) is 5.56 Å². The molecule has 0 saturated heterocycles. The molecule has 168 valence electrons. The predicted molar refractivity (Wildman–Crippen MR) is 111 cm³/mol. The molecular weight excluding hydrogens is 412 g/mol. The number of ether oxygens (including phenoxy) is 5. The minimum absolute atomic E-state index is 0.0430. The Bertz CT molecular complexity index is 892. The molecule has 2 aromatic rings. The number of amides is 1. The van der Waals surface area contributed by atoms with Gasteiger partial charge in [0.2, 0.25) is 11.7 Å². The number of hydrogen-bond donors (Lipinski definition) is 1. The van der Waals surface area contributed by atoms with E-state index in [4.69, 9.17) is 18.9 Å². The van der Waals surface area contributed by atoms with Crippen LogP contribution in [0.25, 0.3) is 6.08 Å². The first kappa shape index (κ1) is 23.8. The normalized spacial score (nSPS) is 10.8. The maximum absolute atomic E-state index is 12.4. The third-order valence-corrected chi connectivity index (χ3v) is 4.27. The minimum atomic E-state index is -2.93. The molecule has 7 nitrogen and oxygen atoms in total. The molecule has 0 spiro atoms. The topological polar surface area (TPSA) is 75.3 Å². The summed E-state index contributed by atoms with van der Waals surface area (Å²) in [4.78, 5) is 12.1. The van der Waals surface area contributed by atoms with Crippen molar-refractivity contribution in [3.05, 3.63) is 47.5 Å². The Hall–Kier alpha value is -3.49. The van der Waals surface area contributed by atoms with Crippen molar-refractivity contribution in [2.45, 2.75) is 13.0 Å². The molecular formula is C22H25F2NO6. The molecule has 0 fully saturated rings. The second-order valence-electron chi connectivity index (χ2n) is 6.20. The first-order valence-corrected chi connectivity index (χ1v) is 9.29. The number of methoxy groups -OCH3 is 4. The van der Waals surface area contributed by atoms with Gasteiger partial charge in [-0.25, -0.2) is 0 Å². The second kappa shape index (κ2) is 11.6. The van der Waals surface area contributed by atoms with Gasteiger partial charge in [0.25, 0.3) is 0 Å². The minimum Gasteiger partial charge on any atom is -0.493 e. The molecule has 0 aliphatic rings. The van der Waals surface area contributed by atoms with Crippen molar-refractivity contribution in [2.24, 2.45) is 0 Å². The van der Waals surface area contributed by atoms with Gasteiger partial charge in [0.15, 0.2) is 23.0 Å². The Labute approximate surface area is 179 Å². The fraction of sp³-hybridized carbons (Fsp3) is 0.318. The number of benzene rings is 2. The summed E-state index contributed by atoms with van der Waals surface area (Å²) in [7, 11) is 5.91. The highest BCUT2D eigenvalue weighted by Gasteiger charge is 2.13. The molecule has 1 amide bonds. The van der Waals surface area contributed by atoms with Gasteiger partial charge in [-0.2, -0.15) is 8.78 Å². The Morgan fingerprint density at radius 3 is 2.13 bits per heavy atom. The lowest BCUT2D eigenvalue weighted by atomic mass is 10.1. The van der Waals surface area contributed by atoms with Crippen molar-refractivity contribution in [1.29, 1.82) is 0 Å². The van der Waals surface area contributed by atoms with E-state index in [9.17, 15) is 13.6 Å². The predicted octanol–water partition coefficient (Wildman–Crippen LogP) is 3.69. The van der Waals surface area contributed by atoms with Gasteiger partial charge in [0, 0.05) is 12.6 Å². The monoisotopic (exact) mass is 437 g/mol. The van der Waals surface area contributed by atoms with Crippen molar-refractivity contribution in [3.63, 3.8) is 0 Å². The lowest BCUT2D eigenvalue weighted by Gasteiger charge is -2.12. The van der Waals surface area contributed by atoms with Crippen LogP contribution in [0.2, 0.25) is 0 Å². The summed E-state index contributed by atoms with van der Waals surface area (Å²) < 4.78 is 50.1. The molecule has 0 heterocycles. The summed E-state index contributed by atoms with van der Waals surface area (Å²) in [6, 6.07) is 8.08. The Morgan fingerprint density at radius 1 is 0.935 bits per heavy atom. The highest BCUT2D eigenvalue weighted by atomic mass is 19.3. The second-order valence-corrected chi connectivity index (χ2v) is 6.20. The summed E-state index contributed by atoms with van der Waals surface area (Å²) in [5, 5.41) is 2.76. The first-order valence-electron chi connectivity index (χ1n) is 9.29. The van der Waals surface area contributed by atoms with Gasteiger partial charge in [-0.15, -0.1) is 0 Å². The molecule has 0 bridgehead atoms. The molecule has 0 unspecified atom stereocenters. The van der Waals surface area contributed by atoms with Gasteiger partial charge < -0.3 is 29.0 Å². The van der Waals surface area contributed by atoms with Crippen LogP contribution in [0.3, 0.4) is 0 Å². The average molecular weight is 437 g/mol. The van der Waals surface area contributed by atoms with E-state index >= 15 is 0 Å². The fourth-order valence-corrected chi connectivity index (χ4v) is 2.82. The van der Waals surface area contributed by atoms with Gasteiger partial charge in [0.05, 0.1) is 28.4 Å². The van der Waals surface area contributed by atoms with E-state index in [1.54, 1.807) is 30.3 Å². The van der Waals surface area contributed by atoms with Crippen LogP contribution in [0, 0.1) is 0 Å². The maximum atomic E-state index is 12.4. The largest absolute Gasteiger partial charge is 0.493 e. The quantitative estimate of drug-likeness (QED) is 0.541. The van der Waals surface area contributed by atoms with Gasteiger partial charge >= 0.3 is 6.61 Å². The summed E-state index contributed by atoms with van der Waals surface area (Å²) in [5.41, 5.74) is 1.50. The van der Waals surface area contributed by atoms with E-state index in [-0.39, 0.29) is 17.4 Å². The lowest BCUT2D eigenvalue weighted by molar-refractivity contribution is -0.116. The molecule has 2 rings (SSSR count). The van der Waals surface area contributed by atoms with Crippen molar-refractivity contribution >= 4 is 12.0 Å².